The number of hydrogen-bond donors (Lipinski definition) is 0. The molecule has 2 nitrogen and oxygen atoms in total. The molecule has 0 aliphatic heterocycles. The molecule has 18 heavy (non-hydrogen) atoms. The van der Waals surface area contributed by atoms with E-state index in [0.717, 1.165) is 17.1 Å². The van der Waals surface area contributed by atoms with Crippen molar-refractivity contribution in [3.8, 4) is 22.6 Å². The minimum atomic E-state index is 0.805. The minimum Gasteiger partial charge on any atom is -0.497 e. The average molecular weight is 466 g/mol. The molecule has 4 heteroatoms. The molecule has 2 rings (SSSR count). The monoisotopic (exact) mass is 466 g/mol. The van der Waals surface area contributed by atoms with Gasteiger partial charge in [-0.05, 0) is 75.0 Å². The van der Waals surface area contributed by atoms with E-state index in [4.69, 9.17) is 9.47 Å². The van der Waals surface area contributed by atoms with Crippen molar-refractivity contribution in [2.24, 2.45) is 0 Å². The van der Waals surface area contributed by atoms with Gasteiger partial charge in [0.1, 0.15) is 11.5 Å². The third-order valence-electron chi connectivity index (χ3n) is 2.60. The van der Waals surface area contributed by atoms with E-state index in [2.05, 4.69) is 63.4 Å². The maximum atomic E-state index is 5.31. The first-order valence-corrected chi connectivity index (χ1v) is 7.49. The fourth-order valence-corrected chi connectivity index (χ4v) is 3.86. The lowest BCUT2D eigenvalue weighted by molar-refractivity contribution is 0.394. The molecule has 0 saturated heterocycles. The van der Waals surface area contributed by atoms with Crippen molar-refractivity contribution < 1.29 is 9.47 Å². The van der Waals surface area contributed by atoms with E-state index in [1.54, 1.807) is 14.2 Å². The first kappa shape index (κ1) is 13.9. The quantitative estimate of drug-likeness (QED) is 0.618. The highest BCUT2D eigenvalue weighted by Gasteiger charge is 2.10. The zero-order valence-electron chi connectivity index (χ0n) is 10.0. The second-order valence-corrected chi connectivity index (χ2v) is 6.02. The number of methoxy groups -OCH3 is 2. The maximum absolute atomic E-state index is 5.31. The van der Waals surface area contributed by atoms with Crippen molar-refractivity contribution in [2.75, 3.05) is 14.2 Å². The minimum absolute atomic E-state index is 0.805. The molecular formula is C14H12I2O2. The Morgan fingerprint density at radius 3 is 1.78 bits per heavy atom. The van der Waals surface area contributed by atoms with Crippen LogP contribution in [0.1, 0.15) is 0 Å². The summed E-state index contributed by atoms with van der Waals surface area (Å²) >= 11 is 4.70. The first-order valence-electron chi connectivity index (χ1n) is 5.33. The number of hydrogen-bond acceptors (Lipinski definition) is 2. The van der Waals surface area contributed by atoms with Crippen LogP contribution in [0.25, 0.3) is 11.1 Å². The third-order valence-corrected chi connectivity index (χ3v) is 4.40. The predicted octanol–water partition coefficient (Wildman–Crippen LogP) is 4.58. The SMILES string of the molecule is COc1cc(OC)cc(-c2c(I)cccc2I)c1. The van der Waals surface area contributed by atoms with Crippen LogP contribution in [0.3, 0.4) is 0 Å². The van der Waals surface area contributed by atoms with Gasteiger partial charge >= 0.3 is 0 Å². The standard InChI is InChI=1S/C14H12I2O2/c1-17-10-6-9(7-11(8-10)18-2)14-12(15)4-3-5-13(14)16/h3-8H,1-2H3. The Morgan fingerprint density at radius 1 is 0.833 bits per heavy atom. The predicted molar refractivity (Wildman–Crippen MR) is 90.4 cm³/mol. The summed E-state index contributed by atoms with van der Waals surface area (Å²) in [7, 11) is 3.33. The van der Waals surface area contributed by atoms with E-state index in [1.807, 2.05) is 18.2 Å². The normalized spacial score (nSPS) is 10.2. The molecule has 0 aromatic heterocycles. The number of ether oxygens (including phenoxy) is 2. The fraction of sp³-hybridized carbons (Fsp3) is 0.143. The van der Waals surface area contributed by atoms with Crippen LogP contribution in [-0.4, -0.2) is 14.2 Å². The average Bonchev–Trinajstić information content (AvgIpc) is 2.38. The summed E-state index contributed by atoms with van der Waals surface area (Å²) in [5.41, 5.74) is 2.33. The van der Waals surface area contributed by atoms with Gasteiger partial charge in [-0.1, -0.05) is 6.07 Å². The van der Waals surface area contributed by atoms with Gasteiger partial charge in [-0.2, -0.15) is 0 Å². The van der Waals surface area contributed by atoms with Crippen molar-refractivity contribution in [3.05, 3.63) is 43.5 Å². The molecule has 2 aromatic rings. The van der Waals surface area contributed by atoms with Crippen LogP contribution in [-0.2, 0) is 0 Å². The highest BCUT2D eigenvalue weighted by Crippen LogP contribution is 2.35. The lowest BCUT2D eigenvalue weighted by Crippen LogP contribution is -1.92. The van der Waals surface area contributed by atoms with Crippen molar-refractivity contribution in [2.45, 2.75) is 0 Å². The highest BCUT2D eigenvalue weighted by atomic mass is 127. The molecule has 0 heterocycles. The van der Waals surface area contributed by atoms with Crippen LogP contribution in [0, 0.1) is 7.14 Å². The topological polar surface area (TPSA) is 18.5 Å². The summed E-state index contributed by atoms with van der Waals surface area (Å²) in [5.74, 6) is 1.61. The summed E-state index contributed by atoms with van der Waals surface area (Å²) in [6, 6.07) is 12.2. The Bertz CT molecular complexity index is 525. The van der Waals surface area contributed by atoms with Crippen molar-refractivity contribution >= 4 is 45.2 Å². The molecule has 0 unspecified atom stereocenters. The molecule has 0 bridgehead atoms. The van der Waals surface area contributed by atoms with Crippen LogP contribution >= 0.6 is 45.2 Å². The largest absolute Gasteiger partial charge is 0.497 e. The van der Waals surface area contributed by atoms with E-state index >= 15 is 0 Å². The lowest BCUT2D eigenvalue weighted by Gasteiger charge is -2.11. The molecule has 0 fully saturated rings. The molecular weight excluding hydrogens is 454 g/mol. The molecule has 0 aliphatic carbocycles. The van der Waals surface area contributed by atoms with Crippen molar-refractivity contribution in [1.29, 1.82) is 0 Å². The summed E-state index contributed by atoms with van der Waals surface area (Å²) in [6.07, 6.45) is 0. The van der Waals surface area contributed by atoms with Crippen LogP contribution < -0.4 is 9.47 Å². The molecule has 2 aromatic carbocycles. The molecule has 0 atom stereocenters. The summed E-state index contributed by atoms with van der Waals surface area (Å²) in [4.78, 5) is 0. The van der Waals surface area contributed by atoms with E-state index < -0.39 is 0 Å². The smallest absolute Gasteiger partial charge is 0.123 e. The summed E-state index contributed by atoms with van der Waals surface area (Å²) in [6.45, 7) is 0. The van der Waals surface area contributed by atoms with Crippen LogP contribution in [0.15, 0.2) is 36.4 Å². The fourth-order valence-electron chi connectivity index (χ4n) is 1.73. The van der Waals surface area contributed by atoms with Crippen molar-refractivity contribution in [1.82, 2.24) is 0 Å². The van der Waals surface area contributed by atoms with Gasteiger partial charge in [-0.25, -0.2) is 0 Å². The van der Waals surface area contributed by atoms with Crippen LogP contribution in [0.5, 0.6) is 11.5 Å². The number of benzene rings is 2. The molecule has 0 N–H and O–H groups in total. The molecule has 0 saturated carbocycles. The van der Waals surface area contributed by atoms with Gasteiger partial charge in [0.2, 0.25) is 0 Å². The van der Waals surface area contributed by atoms with Crippen LogP contribution in [0.4, 0.5) is 0 Å². The van der Waals surface area contributed by atoms with E-state index in [-0.39, 0.29) is 0 Å². The lowest BCUT2D eigenvalue weighted by atomic mass is 10.1. The zero-order valence-corrected chi connectivity index (χ0v) is 14.4. The molecule has 94 valence electrons. The maximum Gasteiger partial charge on any atom is 0.123 e. The van der Waals surface area contributed by atoms with Gasteiger partial charge in [-0.3, -0.25) is 0 Å². The Balaban J connectivity index is 2.63. The zero-order chi connectivity index (χ0) is 13.1. The van der Waals surface area contributed by atoms with Gasteiger partial charge in [0, 0.05) is 18.8 Å². The number of halogens is 2. The van der Waals surface area contributed by atoms with E-state index in [0.29, 0.717) is 0 Å². The number of rotatable bonds is 3. The van der Waals surface area contributed by atoms with E-state index in [9.17, 15) is 0 Å². The first-order chi connectivity index (χ1) is 8.65. The summed E-state index contributed by atoms with van der Waals surface area (Å²) in [5, 5.41) is 0. The van der Waals surface area contributed by atoms with Crippen molar-refractivity contribution in [3.63, 3.8) is 0 Å². The van der Waals surface area contributed by atoms with Gasteiger partial charge in [0.25, 0.3) is 0 Å². The molecule has 0 aliphatic rings. The third kappa shape index (κ3) is 2.90. The van der Waals surface area contributed by atoms with Gasteiger partial charge < -0.3 is 9.47 Å². The van der Waals surface area contributed by atoms with E-state index in [1.165, 1.54) is 12.7 Å². The van der Waals surface area contributed by atoms with Gasteiger partial charge in [0.15, 0.2) is 0 Å². The molecule has 0 amide bonds. The van der Waals surface area contributed by atoms with Crippen LogP contribution in [0.2, 0.25) is 0 Å². The van der Waals surface area contributed by atoms with Gasteiger partial charge in [-0.15, -0.1) is 0 Å². The molecule has 0 spiro atoms. The molecule has 0 radical (unpaired) electrons. The highest BCUT2D eigenvalue weighted by molar-refractivity contribution is 14.1. The Kier molecular flexibility index (Phi) is 4.71. The second kappa shape index (κ2) is 6.10. The summed E-state index contributed by atoms with van der Waals surface area (Å²) < 4.78 is 13.1. The van der Waals surface area contributed by atoms with Gasteiger partial charge in [0.05, 0.1) is 14.2 Å². The second-order valence-electron chi connectivity index (χ2n) is 3.70. The Hall–Kier alpha value is -0.500. The Labute approximate surface area is 134 Å². The Morgan fingerprint density at radius 2 is 1.33 bits per heavy atom.